The van der Waals surface area contributed by atoms with Crippen molar-refractivity contribution in [3.05, 3.63) is 58.6 Å². The average Bonchev–Trinajstić information content (AvgIpc) is 2.53. The maximum absolute atomic E-state index is 11.9. The summed E-state index contributed by atoms with van der Waals surface area (Å²) in [5.41, 5.74) is 2.89. The van der Waals surface area contributed by atoms with Gasteiger partial charge in [0.15, 0.2) is 0 Å². The number of rotatable bonds is 4. The van der Waals surface area contributed by atoms with Crippen LogP contribution in [0.2, 0.25) is 5.02 Å². The van der Waals surface area contributed by atoms with E-state index in [1.165, 1.54) is 0 Å². The molecule has 0 saturated carbocycles. The number of anilines is 2. The summed E-state index contributed by atoms with van der Waals surface area (Å²) in [7, 11) is 0. The lowest BCUT2D eigenvalue weighted by Gasteiger charge is -2.09. The van der Waals surface area contributed by atoms with Crippen LogP contribution < -0.4 is 16.0 Å². The van der Waals surface area contributed by atoms with E-state index in [2.05, 4.69) is 16.0 Å². The van der Waals surface area contributed by atoms with Crippen LogP contribution in [0.5, 0.6) is 0 Å². The van der Waals surface area contributed by atoms with Gasteiger partial charge in [-0.1, -0.05) is 29.8 Å². The molecule has 0 spiro atoms. The van der Waals surface area contributed by atoms with Gasteiger partial charge in [0.05, 0.1) is 17.3 Å². The monoisotopic (exact) mass is 359 g/mol. The third kappa shape index (κ3) is 5.61. The Balaban J connectivity index is 1.85. The Kier molecular flexibility index (Phi) is 6.14. The molecule has 2 rings (SSSR count). The SMILES string of the molecule is Cc1cc(C)cc(NC(=O)C(=O)NCC(=O)Nc2ccccc2Cl)c1. The number of benzene rings is 2. The first-order valence-electron chi connectivity index (χ1n) is 7.57. The molecule has 3 N–H and O–H groups in total. The highest BCUT2D eigenvalue weighted by Crippen LogP contribution is 2.20. The Morgan fingerprint density at radius 1 is 0.920 bits per heavy atom. The number of carbonyl (C=O) groups excluding carboxylic acids is 3. The fourth-order valence-electron chi connectivity index (χ4n) is 2.23. The van der Waals surface area contributed by atoms with Crippen LogP contribution in [0.4, 0.5) is 11.4 Å². The summed E-state index contributed by atoms with van der Waals surface area (Å²) in [4.78, 5) is 35.5. The van der Waals surface area contributed by atoms with Gasteiger partial charge in [0.1, 0.15) is 0 Å². The zero-order chi connectivity index (χ0) is 18.4. The van der Waals surface area contributed by atoms with Crippen molar-refractivity contribution in [1.82, 2.24) is 5.32 Å². The molecule has 6 nitrogen and oxygen atoms in total. The van der Waals surface area contributed by atoms with Crippen molar-refractivity contribution >= 4 is 40.7 Å². The van der Waals surface area contributed by atoms with Gasteiger partial charge in [0.25, 0.3) is 0 Å². The summed E-state index contributed by atoms with van der Waals surface area (Å²) >= 11 is 5.93. The van der Waals surface area contributed by atoms with Crippen LogP contribution in [0.25, 0.3) is 0 Å². The Hall–Kier alpha value is -2.86. The number of hydrogen-bond donors (Lipinski definition) is 3. The topological polar surface area (TPSA) is 87.3 Å². The number of carbonyl (C=O) groups is 3. The molecular weight excluding hydrogens is 342 g/mol. The van der Waals surface area contributed by atoms with E-state index in [1.807, 2.05) is 19.9 Å². The lowest BCUT2D eigenvalue weighted by atomic mass is 10.1. The van der Waals surface area contributed by atoms with Crippen molar-refractivity contribution in [1.29, 1.82) is 0 Å². The highest BCUT2D eigenvalue weighted by atomic mass is 35.5. The molecule has 0 aliphatic rings. The van der Waals surface area contributed by atoms with Crippen LogP contribution in [0, 0.1) is 13.8 Å². The predicted molar refractivity (Wildman–Crippen MR) is 97.6 cm³/mol. The quantitative estimate of drug-likeness (QED) is 0.733. The molecule has 0 unspecified atom stereocenters. The van der Waals surface area contributed by atoms with Gasteiger partial charge in [-0.2, -0.15) is 0 Å². The van der Waals surface area contributed by atoms with Gasteiger partial charge < -0.3 is 16.0 Å². The highest BCUT2D eigenvalue weighted by molar-refractivity contribution is 6.40. The van der Waals surface area contributed by atoms with E-state index in [-0.39, 0.29) is 6.54 Å². The molecule has 0 bridgehead atoms. The predicted octanol–water partition coefficient (Wildman–Crippen LogP) is 2.65. The number of aryl methyl sites for hydroxylation is 2. The van der Waals surface area contributed by atoms with E-state index < -0.39 is 17.7 Å². The minimum atomic E-state index is -0.895. The van der Waals surface area contributed by atoms with Crippen LogP contribution in [0.1, 0.15) is 11.1 Å². The first kappa shape index (κ1) is 18.5. The molecule has 7 heteroatoms. The minimum Gasteiger partial charge on any atom is -0.339 e. The second-order valence-electron chi connectivity index (χ2n) is 5.54. The molecule has 0 aliphatic carbocycles. The van der Waals surface area contributed by atoms with Crippen LogP contribution in [0.3, 0.4) is 0 Å². The van der Waals surface area contributed by atoms with Crippen molar-refractivity contribution in [3.8, 4) is 0 Å². The molecule has 0 atom stereocenters. The average molecular weight is 360 g/mol. The molecule has 25 heavy (non-hydrogen) atoms. The van der Waals surface area contributed by atoms with Crippen molar-refractivity contribution < 1.29 is 14.4 Å². The fourth-order valence-corrected chi connectivity index (χ4v) is 2.42. The van der Waals surface area contributed by atoms with Crippen LogP contribution in [-0.4, -0.2) is 24.3 Å². The van der Waals surface area contributed by atoms with Gasteiger partial charge in [-0.3, -0.25) is 14.4 Å². The van der Waals surface area contributed by atoms with Crippen molar-refractivity contribution in [2.45, 2.75) is 13.8 Å². The number of halogens is 1. The van der Waals surface area contributed by atoms with Crippen molar-refractivity contribution in [2.75, 3.05) is 17.2 Å². The van der Waals surface area contributed by atoms with Crippen LogP contribution >= 0.6 is 11.6 Å². The molecule has 0 fully saturated rings. The van der Waals surface area contributed by atoms with Gasteiger partial charge >= 0.3 is 11.8 Å². The second-order valence-corrected chi connectivity index (χ2v) is 5.95. The number of nitrogens with one attached hydrogen (secondary N) is 3. The summed E-state index contributed by atoms with van der Waals surface area (Å²) in [5, 5.41) is 7.70. The normalized spacial score (nSPS) is 10.0. The highest BCUT2D eigenvalue weighted by Gasteiger charge is 2.15. The lowest BCUT2D eigenvalue weighted by molar-refractivity contribution is -0.136. The Morgan fingerprint density at radius 2 is 1.56 bits per heavy atom. The van der Waals surface area contributed by atoms with Crippen molar-refractivity contribution in [2.24, 2.45) is 0 Å². The van der Waals surface area contributed by atoms with Gasteiger partial charge in [-0.25, -0.2) is 0 Å². The number of hydrogen-bond acceptors (Lipinski definition) is 3. The summed E-state index contributed by atoms with van der Waals surface area (Å²) in [6.07, 6.45) is 0. The first-order chi connectivity index (χ1) is 11.8. The Morgan fingerprint density at radius 3 is 2.20 bits per heavy atom. The maximum atomic E-state index is 11.9. The standard InChI is InChI=1S/C18H18ClN3O3/c1-11-7-12(2)9-13(8-11)21-18(25)17(24)20-10-16(23)22-15-6-4-3-5-14(15)19/h3-9H,10H2,1-2H3,(H,20,24)(H,21,25)(H,22,23). The lowest BCUT2D eigenvalue weighted by Crippen LogP contribution is -2.39. The molecular formula is C18H18ClN3O3. The largest absolute Gasteiger partial charge is 0.339 e. The zero-order valence-corrected chi connectivity index (χ0v) is 14.6. The third-order valence-corrected chi connectivity index (χ3v) is 3.57. The van der Waals surface area contributed by atoms with Crippen LogP contribution in [-0.2, 0) is 14.4 Å². The summed E-state index contributed by atoms with van der Waals surface area (Å²) < 4.78 is 0. The van der Waals surface area contributed by atoms with Gasteiger partial charge in [0.2, 0.25) is 5.91 Å². The van der Waals surface area contributed by atoms with E-state index in [9.17, 15) is 14.4 Å². The first-order valence-corrected chi connectivity index (χ1v) is 7.95. The van der Waals surface area contributed by atoms with Gasteiger partial charge in [-0.05, 0) is 49.2 Å². The number of para-hydroxylation sites is 1. The van der Waals surface area contributed by atoms with E-state index in [0.717, 1.165) is 11.1 Å². The molecule has 130 valence electrons. The molecule has 0 aliphatic heterocycles. The zero-order valence-electron chi connectivity index (χ0n) is 13.9. The van der Waals surface area contributed by atoms with E-state index in [0.29, 0.717) is 16.4 Å². The summed E-state index contributed by atoms with van der Waals surface area (Å²) in [6, 6.07) is 12.2. The molecule has 0 saturated heterocycles. The molecule has 0 heterocycles. The van der Waals surface area contributed by atoms with E-state index in [4.69, 9.17) is 11.6 Å². The Bertz CT molecular complexity index is 801. The molecule has 0 aromatic heterocycles. The number of amides is 3. The smallest absolute Gasteiger partial charge is 0.313 e. The third-order valence-electron chi connectivity index (χ3n) is 3.24. The maximum Gasteiger partial charge on any atom is 0.313 e. The second kappa shape index (κ2) is 8.30. The van der Waals surface area contributed by atoms with E-state index in [1.54, 1.807) is 36.4 Å². The Labute approximate surface area is 150 Å². The molecule has 2 aromatic carbocycles. The van der Waals surface area contributed by atoms with E-state index >= 15 is 0 Å². The van der Waals surface area contributed by atoms with Crippen LogP contribution in [0.15, 0.2) is 42.5 Å². The molecule has 3 amide bonds. The summed E-state index contributed by atoms with van der Waals surface area (Å²) in [6.45, 7) is 3.44. The van der Waals surface area contributed by atoms with Gasteiger partial charge in [-0.15, -0.1) is 0 Å². The van der Waals surface area contributed by atoms with Gasteiger partial charge in [0, 0.05) is 5.69 Å². The fraction of sp³-hybridized carbons (Fsp3) is 0.167. The minimum absolute atomic E-state index is 0.343. The molecule has 2 aromatic rings. The summed E-state index contributed by atoms with van der Waals surface area (Å²) in [5.74, 6) is -2.22. The molecule has 0 radical (unpaired) electrons. The van der Waals surface area contributed by atoms with Crippen molar-refractivity contribution in [3.63, 3.8) is 0 Å².